The fourth-order valence-corrected chi connectivity index (χ4v) is 2.96. The number of ether oxygens (including phenoxy) is 1. The van der Waals surface area contributed by atoms with Gasteiger partial charge in [-0.2, -0.15) is 0 Å². The molecule has 88 valence electrons. The Kier molecular flexibility index (Phi) is 3.36. The summed E-state index contributed by atoms with van der Waals surface area (Å²) in [6, 6.07) is 0.629. The number of nitrogens with one attached hydrogen (secondary N) is 1. The first-order valence-electron chi connectivity index (χ1n) is 6.51. The van der Waals surface area contributed by atoms with Crippen LogP contribution in [-0.2, 0) is 4.74 Å². The summed E-state index contributed by atoms with van der Waals surface area (Å²) in [6.45, 7) is 8.92. The molecule has 2 nitrogen and oxygen atoms in total. The lowest BCUT2D eigenvalue weighted by Crippen LogP contribution is -2.31. The van der Waals surface area contributed by atoms with Crippen molar-refractivity contribution in [3.8, 4) is 0 Å². The number of hydrogen-bond donors (Lipinski definition) is 1. The highest BCUT2D eigenvalue weighted by Crippen LogP contribution is 2.60. The number of hydrogen-bond acceptors (Lipinski definition) is 2. The first-order chi connectivity index (χ1) is 7.16. The SMILES string of the molecule is CCC1CC2(CCO1)CC2CNC(C)C. The van der Waals surface area contributed by atoms with Gasteiger partial charge in [0.05, 0.1) is 6.10 Å². The molecule has 0 aromatic heterocycles. The van der Waals surface area contributed by atoms with Crippen LogP contribution in [0.5, 0.6) is 0 Å². The third-order valence-corrected chi connectivity index (χ3v) is 4.17. The maximum Gasteiger partial charge on any atom is 0.0578 e. The van der Waals surface area contributed by atoms with Crippen molar-refractivity contribution in [3.63, 3.8) is 0 Å². The summed E-state index contributed by atoms with van der Waals surface area (Å²) in [4.78, 5) is 0. The van der Waals surface area contributed by atoms with Crippen LogP contribution in [0.1, 0.15) is 46.5 Å². The summed E-state index contributed by atoms with van der Waals surface area (Å²) in [5, 5.41) is 3.57. The zero-order valence-electron chi connectivity index (χ0n) is 10.4. The third kappa shape index (κ3) is 2.54. The van der Waals surface area contributed by atoms with E-state index in [1.165, 1.54) is 32.2 Å². The van der Waals surface area contributed by atoms with Crippen LogP contribution in [0, 0.1) is 11.3 Å². The van der Waals surface area contributed by atoms with Crippen molar-refractivity contribution < 1.29 is 4.74 Å². The molecule has 1 heterocycles. The number of rotatable bonds is 4. The molecule has 1 saturated carbocycles. The Hall–Kier alpha value is -0.0800. The molecule has 1 spiro atoms. The summed E-state index contributed by atoms with van der Waals surface area (Å²) >= 11 is 0. The van der Waals surface area contributed by atoms with Crippen LogP contribution in [0.15, 0.2) is 0 Å². The van der Waals surface area contributed by atoms with Gasteiger partial charge in [-0.25, -0.2) is 0 Å². The van der Waals surface area contributed by atoms with Crippen LogP contribution in [-0.4, -0.2) is 25.3 Å². The molecular weight excluding hydrogens is 186 g/mol. The molecule has 2 fully saturated rings. The molecule has 0 radical (unpaired) electrons. The third-order valence-electron chi connectivity index (χ3n) is 4.17. The maximum absolute atomic E-state index is 5.76. The van der Waals surface area contributed by atoms with Crippen molar-refractivity contribution in [2.75, 3.05) is 13.2 Å². The summed E-state index contributed by atoms with van der Waals surface area (Å²) in [7, 11) is 0. The molecule has 0 aromatic rings. The Balaban J connectivity index is 1.78. The smallest absolute Gasteiger partial charge is 0.0578 e. The fourth-order valence-electron chi connectivity index (χ4n) is 2.96. The lowest BCUT2D eigenvalue weighted by Gasteiger charge is -2.30. The van der Waals surface area contributed by atoms with Gasteiger partial charge in [0.15, 0.2) is 0 Å². The second-order valence-electron chi connectivity index (χ2n) is 5.68. The fraction of sp³-hybridized carbons (Fsp3) is 1.00. The van der Waals surface area contributed by atoms with Gasteiger partial charge in [0.25, 0.3) is 0 Å². The van der Waals surface area contributed by atoms with E-state index in [0.717, 1.165) is 12.5 Å². The topological polar surface area (TPSA) is 21.3 Å². The van der Waals surface area contributed by atoms with Crippen LogP contribution >= 0.6 is 0 Å². The van der Waals surface area contributed by atoms with Gasteiger partial charge < -0.3 is 10.1 Å². The molecule has 2 rings (SSSR count). The van der Waals surface area contributed by atoms with Gasteiger partial charge in [-0.05, 0) is 43.6 Å². The second-order valence-corrected chi connectivity index (χ2v) is 5.68. The van der Waals surface area contributed by atoms with Gasteiger partial charge in [-0.1, -0.05) is 20.8 Å². The minimum absolute atomic E-state index is 0.544. The van der Waals surface area contributed by atoms with E-state index in [2.05, 4.69) is 26.1 Å². The Bertz CT molecular complexity index is 217. The van der Waals surface area contributed by atoms with Crippen LogP contribution in [0.25, 0.3) is 0 Å². The highest BCUT2D eigenvalue weighted by molar-refractivity contribution is 5.05. The van der Waals surface area contributed by atoms with Gasteiger partial charge in [0, 0.05) is 12.6 Å². The zero-order valence-corrected chi connectivity index (χ0v) is 10.4. The second kappa shape index (κ2) is 4.42. The molecule has 1 N–H and O–H groups in total. The lowest BCUT2D eigenvalue weighted by atomic mass is 9.89. The minimum atomic E-state index is 0.544. The van der Waals surface area contributed by atoms with Crippen molar-refractivity contribution in [2.45, 2.75) is 58.6 Å². The van der Waals surface area contributed by atoms with Crippen LogP contribution in [0.4, 0.5) is 0 Å². The monoisotopic (exact) mass is 211 g/mol. The van der Waals surface area contributed by atoms with Gasteiger partial charge >= 0.3 is 0 Å². The van der Waals surface area contributed by atoms with E-state index < -0.39 is 0 Å². The quantitative estimate of drug-likeness (QED) is 0.771. The summed E-state index contributed by atoms with van der Waals surface area (Å²) in [5.41, 5.74) is 0.667. The van der Waals surface area contributed by atoms with E-state index in [-0.39, 0.29) is 0 Å². The van der Waals surface area contributed by atoms with Gasteiger partial charge in [-0.15, -0.1) is 0 Å². The van der Waals surface area contributed by atoms with Crippen molar-refractivity contribution in [3.05, 3.63) is 0 Å². The average Bonchev–Trinajstić information content (AvgIpc) is 2.88. The molecule has 0 bridgehead atoms. The van der Waals surface area contributed by atoms with Gasteiger partial charge in [-0.3, -0.25) is 0 Å². The molecule has 1 aliphatic carbocycles. The molecule has 2 aliphatic rings. The lowest BCUT2D eigenvalue weighted by molar-refractivity contribution is -0.0219. The van der Waals surface area contributed by atoms with Gasteiger partial charge in [0.1, 0.15) is 0 Å². The van der Waals surface area contributed by atoms with E-state index in [4.69, 9.17) is 4.74 Å². The molecule has 3 atom stereocenters. The Morgan fingerprint density at radius 3 is 2.87 bits per heavy atom. The standard InChI is InChI=1S/C13H25NO/c1-4-12-8-13(5-6-15-12)7-11(13)9-14-10(2)3/h10-12,14H,4-9H2,1-3H3. The molecule has 0 amide bonds. The zero-order chi connectivity index (χ0) is 10.9. The Morgan fingerprint density at radius 1 is 1.40 bits per heavy atom. The highest BCUT2D eigenvalue weighted by Gasteiger charge is 2.55. The minimum Gasteiger partial charge on any atom is -0.378 e. The van der Waals surface area contributed by atoms with Crippen molar-refractivity contribution in [2.24, 2.45) is 11.3 Å². The van der Waals surface area contributed by atoms with Crippen molar-refractivity contribution >= 4 is 0 Å². The van der Waals surface area contributed by atoms with E-state index in [1.54, 1.807) is 0 Å². The normalized spacial score (nSPS) is 40.0. The summed E-state index contributed by atoms with van der Waals surface area (Å²) in [6.07, 6.45) is 5.78. The van der Waals surface area contributed by atoms with E-state index >= 15 is 0 Å². The highest BCUT2D eigenvalue weighted by atomic mass is 16.5. The van der Waals surface area contributed by atoms with Crippen LogP contribution in [0.2, 0.25) is 0 Å². The predicted octanol–water partition coefficient (Wildman–Crippen LogP) is 2.58. The van der Waals surface area contributed by atoms with E-state index in [0.29, 0.717) is 17.6 Å². The summed E-state index contributed by atoms with van der Waals surface area (Å²) < 4.78 is 5.76. The van der Waals surface area contributed by atoms with E-state index in [1.807, 2.05) is 0 Å². The first kappa shape index (κ1) is 11.4. The summed E-state index contributed by atoms with van der Waals surface area (Å²) in [5.74, 6) is 0.929. The maximum atomic E-state index is 5.76. The largest absolute Gasteiger partial charge is 0.378 e. The Morgan fingerprint density at radius 2 is 2.20 bits per heavy atom. The van der Waals surface area contributed by atoms with E-state index in [9.17, 15) is 0 Å². The van der Waals surface area contributed by atoms with Crippen LogP contribution in [0.3, 0.4) is 0 Å². The molecule has 1 saturated heterocycles. The molecule has 0 aromatic carbocycles. The van der Waals surface area contributed by atoms with Crippen molar-refractivity contribution in [1.29, 1.82) is 0 Å². The molecule has 3 unspecified atom stereocenters. The van der Waals surface area contributed by atoms with Crippen LogP contribution < -0.4 is 5.32 Å². The average molecular weight is 211 g/mol. The van der Waals surface area contributed by atoms with Crippen molar-refractivity contribution in [1.82, 2.24) is 5.32 Å². The molecule has 2 heteroatoms. The first-order valence-corrected chi connectivity index (χ1v) is 6.51. The van der Waals surface area contributed by atoms with Gasteiger partial charge in [0.2, 0.25) is 0 Å². The molecular formula is C13H25NO. The predicted molar refractivity (Wildman–Crippen MR) is 62.9 cm³/mol. The Labute approximate surface area is 93.8 Å². The molecule has 15 heavy (non-hydrogen) atoms. The molecule has 1 aliphatic heterocycles.